The SMILES string of the molecule is CCC(=O)Oc1ccc(-c2ccc(C3CCC(CCC(C)C)CC3)cc2)cc1. The summed E-state index contributed by atoms with van der Waals surface area (Å²) in [5, 5.41) is 0. The van der Waals surface area contributed by atoms with Crippen LogP contribution in [0.15, 0.2) is 48.5 Å². The van der Waals surface area contributed by atoms with Crippen molar-refractivity contribution in [3.63, 3.8) is 0 Å². The summed E-state index contributed by atoms with van der Waals surface area (Å²) in [6, 6.07) is 16.9. The molecule has 1 aliphatic rings. The fraction of sp³-hybridized carbons (Fsp3) is 0.500. The summed E-state index contributed by atoms with van der Waals surface area (Å²) < 4.78 is 5.25. The van der Waals surface area contributed by atoms with E-state index in [1.165, 1.54) is 49.7 Å². The van der Waals surface area contributed by atoms with Gasteiger partial charge in [0.1, 0.15) is 5.75 Å². The molecule has 0 radical (unpaired) electrons. The highest BCUT2D eigenvalue weighted by Gasteiger charge is 2.22. The lowest BCUT2D eigenvalue weighted by Crippen LogP contribution is -2.14. The van der Waals surface area contributed by atoms with Crippen molar-refractivity contribution in [2.45, 2.75) is 71.6 Å². The second-order valence-electron chi connectivity index (χ2n) is 8.66. The Balaban J connectivity index is 1.56. The summed E-state index contributed by atoms with van der Waals surface area (Å²) in [5.41, 5.74) is 3.85. The van der Waals surface area contributed by atoms with Crippen LogP contribution in [0.4, 0.5) is 0 Å². The van der Waals surface area contributed by atoms with Crippen molar-refractivity contribution >= 4 is 5.97 Å². The Kier molecular flexibility index (Phi) is 7.30. The minimum atomic E-state index is -0.198. The van der Waals surface area contributed by atoms with E-state index in [0.717, 1.165) is 23.3 Å². The molecule has 0 unspecified atom stereocenters. The van der Waals surface area contributed by atoms with E-state index in [4.69, 9.17) is 4.74 Å². The van der Waals surface area contributed by atoms with Crippen molar-refractivity contribution in [3.8, 4) is 16.9 Å². The zero-order chi connectivity index (χ0) is 19.9. The van der Waals surface area contributed by atoms with Gasteiger partial charge in [0.2, 0.25) is 0 Å². The minimum absolute atomic E-state index is 0.198. The highest BCUT2D eigenvalue weighted by molar-refractivity contribution is 5.72. The van der Waals surface area contributed by atoms with Crippen LogP contribution in [0, 0.1) is 11.8 Å². The third-order valence-corrected chi connectivity index (χ3v) is 6.09. The third kappa shape index (κ3) is 5.70. The molecule has 1 aliphatic carbocycles. The molecule has 0 atom stereocenters. The van der Waals surface area contributed by atoms with Gasteiger partial charge in [0.05, 0.1) is 0 Å². The zero-order valence-corrected chi connectivity index (χ0v) is 17.6. The largest absolute Gasteiger partial charge is 0.427 e. The molecule has 0 heterocycles. The van der Waals surface area contributed by atoms with Crippen LogP contribution in [-0.4, -0.2) is 5.97 Å². The maximum atomic E-state index is 11.4. The van der Waals surface area contributed by atoms with Gasteiger partial charge in [-0.1, -0.05) is 70.0 Å². The van der Waals surface area contributed by atoms with Gasteiger partial charge in [0, 0.05) is 6.42 Å². The van der Waals surface area contributed by atoms with Crippen LogP contribution in [0.1, 0.15) is 77.2 Å². The van der Waals surface area contributed by atoms with Gasteiger partial charge in [-0.15, -0.1) is 0 Å². The molecule has 0 saturated heterocycles. The Bertz CT molecular complexity index is 735. The van der Waals surface area contributed by atoms with Gasteiger partial charge in [-0.2, -0.15) is 0 Å². The first-order valence-electron chi connectivity index (χ1n) is 11.0. The summed E-state index contributed by atoms with van der Waals surface area (Å²) in [4.78, 5) is 11.4. The summed E-state index contributed by atoms with van der Waals surface area (Å²) >= 11 is 0. The molecule has 2 aromatic rings. The van der Waals surface area contributed by atoms with Crippen molar-refractivity contribution < 1.29 is 9.53 Å². The average Bonchev–Trinajstić information content (AvgIpc) is 2.73. The van der Waals surface area contributed by atoms with Crippen molar-refractivity contribution in [2.24, 2.45) is 11.8 Å². The minimum Gasteiger partial charge on any atom is -0.427 e. The number of carbonyl (C=O) groups is 1. The van der Waals surface area contributed by atoms with E-state index < -0.39 is 0 Å². The summed E-state index contributed by atoms with van der Waals surface area (Å²) in [6.07, 6.45) is 8.61. The lowest BCUT2D eigenvalue weighted by Gasteiger charge is -2.29. The molecule has 2 aromatic carbocycles. The molecule has 0 N–H and O–H groups in total. The Morgan fingerprint density at radius 3 is 2.04 bits per heavy atom. The Morgan fingerprint density at radius 2 is 1.50 bits per heavy atom. The fourth-order valence-corrected chi connectivity index (χ4v) is 4.22. The first-order valence-corrected chi connectivity index (χ1v) is 11.0. The maximum absolute atomic E-state index is 11.4. The number of hydrogen-bond donors (Lipinski definition) is 0. The number of ether oxygens (including phenoxy) is 1. The van der Waals surface area contributed by atoms with E-state index in [1.807, 2.05) is 24.3 Å². The number of esters is 1. The van der Waals surface area contributed by atoms with E-state index in [-0.39, 0.29) is 5.97 Å². The van der Waals surface area contributed by atoms with Crippen LogP contribution in [0.5, 0.6) is 5.75 Å². The molecule has 0 amide bonds. The van der Waals surface area contributed by atoms with E-state index in [0.29, 0.717) is 12.2 Å². The molecule has 0 aromatic heterocycles. The molecule has 2 nitrogen and oxygen atoms in total. The van der Waals surface area contributed by atoms with Gasteiger partial charge < -0.3 is 4.74 Å². The molecule has 2 heteroatoms. The lowest BCUT2D eigenvalue weighted by molar-refractivity contribution is -0.134. The maximum Gasteiger partial charge on any atom is 0.310 e. The first kappa shape index (κ1) is 20.6. The highest BCUT2D eigenvalue weighted by Crippen LogP contribution is 2.38. The molecular formula is C26H34O2. The lowest BCUT2D eigenvalue weighted by atomic mass is 9.76. The summed E-state index contributed by atoms with van der Waals surface area (Å²) in [6.45, 7) is 6.47. The molecule has 0 spiro atoms. The predicted molar refractivity (Wildman–Crippen MR) is 117 cm³/mol. The standard InChI is InChI=1S/C26H34O2/c1-4-26(27)28-25-17-15-24(16-18-25)23-13-11-22(12-14-23)21-9-7-20(8-10-21)6-5-19(2)3/h11-21H,4-10H2,1-3H3. The molecular weight excluding hydrogens is 344 g/mol. The Hall–Kier alpha value is -2.09. The number of rotatable bonds is 7. The monoisotopic (exact) mass is 378 g/mol. The van der Waals surface area contributed by atoms with Crippen molar-refractivity contribution in [1.29, 1.82) is 0 Å². The van der Waals surface area contributed by atoms with Gasteiger partial charge in [-0.05, 0) is 72.3 Å². The topological polar surface area (TPSA) is 26.3 Å². The Labute approximate surface area is 170 Å². The molecule has 3 rings (SSSR count). The van der Waals surface area contributed by atoms with Gasteiger partial charge in [-0.25, -0.2) is 0 Å². The van der Waals surface area contributed by atoms with Gasteiger partial charge in [0.25, 0.3) is 0 Å². The third-order valence-electron chi connectivity index (χ3n) is 6.09. The molecule has 150 valence electrons. The quantitative estimate of drug-likeness (QED) is 0.371. The van der Waals surface area contributed by atoms with Crippen LogP contribution < -0.4 is 4.74 Å². The van der Waals surface area contributed by atoms with Gasteiger partial charge in [0.15, 0.2) is 0 Å². The molecule has 0 aliphatic heterocycles. The van der Waals surface area contributed by atoms with E-state index in [2.05, 4.69) is 38.1 Å². The second-order valence-corrected chi connectivity index (χ2v) is 8.66. The van der Waals surface area contributed by atoms with Crippen LogP contribution in [-0.2, 0) is 4.79 Å². The van der Waals surface area contributed by atoms with Crippen molar-refractivity contribution in [2.75, 3.05) is 0 Å². The van der Waals surface area contributed by atoms with Crippen molar-refractivity contribution in [1.82, 2.24) is 0 Å². The molecule has 28 heavy (non-hydrogen) atoms. The predicted octanol–water partition coefficient (Wildman–Crippen LogP) is 7.38. The molecule has 0 bridgehead atoms. The second kappa shape index (κ2) is 9.91. The first-order chi connectivity index (χ1) is 13.5. The van der Waals surface area contributed by atoms with E-state index in [9.17, 15) is 4.79 Å². The van der Waals surface area contributed by atoms with E-state index in [1.54, 1.807) is 6.92 Å². The van der Waals surface area contributed by atoms with Crippen LogP contribution in [0.2, 0.25) is 0 Å². The van der Waals surface area contributed by atoms with Gasteiger partial charge >= 0.3 is 5.97 Å². The fourth-order valence-electron chi connectivity index (χ4n) is 4.22. The normalized spacial score (nSPS) is 19.6. The number of hydrogen-bond acceptors (Lipinski definition) is 2. The van der Waals surface area contributed by atoms with Crippen LogP contribution in [0.3, 0.4) is 0 Å². The smallest absolute Gasteiger partial charge is 0.310 e. The number of carbonyl (C=O) groups excluding carboxylic acids is 1. The molecule has 1 fully saturated rings. The summed E-state index contributed by atoms with van der Waals surface area (Å²) in [7, 11) is 0. The van der Waals surface area contributed by atoms with Crippen LogP contribution in [0.25, 0.3) is 11.1 Å². The highest BCUT2D eigenvalue weighted by atomic mass is 16.5. The van der Waals surface area contributed by atoms with Crippen LogP contribution >= 0.6 is 0 Å². The summed E-state index contributed by atoms with van der Waals surface area (Å²) in [5.74, 6) is 2.91. The van der Waals surface area contributed by atoms with Gasteiger partial charge in [-0.3, -0.25) is 4.79 Å². The van der Waals surface area contributed by atoms with E-state index >= 15 is 0 Å². The number of benzene rings is 2. The average molecular weight is 379 g/mol. The molecule has 1 saturated carbocycles. The van der Waals surface area contributed by atoms with Crippen molar-refractivity contribution in [3.05, 3.63) is 54.1 Å². The Morgan fingerprint density at radius 1 is 0.929 bits per heavy atom. The zero-order valence-electron chi connectivity index (χ0n) is 17.6.